The van der Waals surface area contributed by atoms with Crippen molar-refractivity contribution in [2.24, 2.45) is 5.41 Å². The molecule has 1 saturated carbocycles. The standard InChI is InChI=1S/C15H22ClNO/c1-11-4-5-12(16)8-14(11)18-10-15(2,3)9-17-13-6-7-13/h4-5,8,13,17H,6-7,9-10H2,1-3H3. The fourth-order valence-corrected chi connectivity index (χ4v) is 1.92. The number of ether oxygens (including phenoxy) is 1. The molecule has 1 aromatic carbocycles. The summed E-state index contributed by atoms with van der Waals surface area (Å²) in [5.74, 6) is 0.891. The molecule has 0 heterocycles. The molecule has 0 saturated heterocycles. The lowest BCUT2D eigenvalue weighted by Gasteiger charge is -2.25. The van der Waals surface area contributed by atoms with Crippen LogP contribution in [0, 0.1) is 12.3 Å². The first-order valence-electron chi connectivity index (χ1n) is 6.59. The minimum absolute atomic E-state index is 0.136. The van der Waals surface area contributed by atoms with Gasteiger partial charge in [0.15, 0.2) is 0 Å². The van der Waals surface area contributed by atoms with Gasteiger partial charge in [-0.1, -0.05) is 31.5 Å². The number of benzene rings is 1. The number of aryl methyl sites for hydroxylation is 1. The van der Waals surface area contributed by atoms with Crippen LogP contribution in [0.25, 0.3) is 0 Å². The van der Waals surface area contributed by atoms with E-state index in [9.17, 15) is 0 Å². The fourth-order valence-electron chi connectivity index (χ4n) is 1.76. The van der Waals surface area contributed by atoms with Gasteiger partial charge in [0, 0.05) is 23.0 Å². The molecule has 1 aliphatic carbocycles. The number of nitrogens with one attached hydrogen (secondary N) is 1. The fraction of sp³-hybridized carbons (Fsp3) is 0.600. The maximum atomic E-state index is 5.99. The SMILES string of the molecule is Cc1ccc(Cl)cc1OCC(C)(C)CNC1CC1. The van der Waals surface area contributed by atoms with Crippen LogP contribution in [-0.2, 0) is 0 Å². The Kier molecular flexibility index (Phi) is 4.18. The highest BCUT2D eigenvalue weighted by molar-refractivity contribution is 6.30. The Hall–Kier alpha value is -0.730. The van der Waals surface area contributed by atoms with E-state index in [4.69, 9.17) is 16.3 Å². The molecule has 0 radical (unpaired) electrons. The van der Waals surface area contributed by atoms with E-state index in [1.54, 1.807) is 0 Å². The molecule has 3 heteroatoms. The van der Waals surface area contributed by atoms with E-state index in [-0.39, 0.29) is 5.41 Å². The third kappa shape index (κ3) is 4.18. The van der Waals surface area contributed by atoms with Gasteiger partial charge in [0.1, 0.15) is 5.75 Å². The van der Waals surface area contributed by atoms with Crippen LogP contribution in [0.3, 0.4) is 0 Å². The van der Waals surface area contributed by atoms with Gasteiger partial charge in [-0.2, -0.15) is 0 Å². The maximum absolute atomic E-state index is 5.99. The predicted molar refractivity (Wildman–Crippen MR) is 76.5 cm³/mol. The number of halogens is 1. The van der Waals surface area contributed by atoms with Crippen molar-refractivity contribution in [2.45, 2.75) is 39.7 Å². The smallest absolute Gasteiger partial charge is 0.123 e. The zero-order valence-electron chi connectivity index (χ0n) is 11.4. The Morgan fingerprint density at radius 1 is 1.39 bits per heavy atom. The lowest BCUT2D eigenvalue weighted by molar-refractivity contribution is 0.175. The summed E-state index contributed by atoms with van der Waals surface area (Å²) in [6.45, 7) is 8.19. The highest BCUT2D eigenvalue weighted by atomic mass is 35.5. The molecule has 0 amide bonds. The molecular weight excluding hydrogens is 246 g/mol. The summed E-state index contributed by atoms with van der Waals surface area (Å²) in [6.07, 6.45) is 2.65. The molecule has 2 nitrogen and oxygen atoms in total. The van der Waals surface area contributed by atoms with Crippen LogP contribution < -0.4 is 10.1 Å². The second-order valence-electron chi connectivity index (χ2n) is 6.02. The van der Waals surface area contributed by atoms with Crippen molar-refractivity contribution in [1.82, 2.24) is 5.32 Å². The molecule has 0 aliphatic heterocycles. The van der Waals surface area contributed by atoms with E-state index in [0.29, 0.717) is 6.61 Å². The monoisotopic (exact) mass is 267 g/mol. The number of rotatable bonds is 6. The molecule has 1 aromatic rings. The molecular formula is C15H22ClNO. The summed E-state index contributed by atoms with van der Waals surface area (Å²) in [4.78, 5) is 0. The molecule has 1 aliphatic rings. The van der Waals surface area contributed by atoms with Gasteiger partial charge in [0.2, 0.25) is 0 Å². The highest BCUT2D eigenvalue weighted by Gasteiger charge is 2.25. The van der Waals surface area contributed by atoms with E-state index in [2.05, 4.69) is 19.2 Å². The molecule has 1 fully saturated rings. The van der Waals surface area contributed by atoms with Crippen LogP contribution in [0.15, 0.2) is 18.2 Å². The van der Waals surface area contributed by atoms with Crippen molar-refractivity contribution in [1.29, 1.82) is 0 Å². The van der Waals surface area contributed by atoms with E-state index in [1.165, 1.54) is 12.8 Å². The van der Waals surface area contributed by atoms with Gasteiger partial charge < -0.3 is 10.1 Å². The molecule has 0 aromatic heterocycles. The molecule has 0 atom stereocenters. The van der Waals surface area contributed by atoms with E-state index >= 15 is 0 Å². The molecule has 0 bridgehead atoms. The topological polar surface area (TPSA) is 21.3 Å². The molecule has 18 heavy (non-hydrogen) atoms. The summed E-state index contributed by atoms with van der Waals surface area (Å²) >= 11 is 5.99. The van der Waals surface area contributed by atoms with Gasteiger partial charge >= 0.3 is 0 Å². The summed E-state index contributed by atoms with van der Waals surface area (Å²) in [5, 5.41) is 4.28. The van der Waals surface area contributed by atoms with Crippen molar-refractivity contribution in [2.75, 3.05) is 13.2 Å². The lowest BCUT2D eigenvalue weighted by atomic mass is 9.95. The molecule has 100 valence electrons. The minimum Gasteiger partial charge on any atom is -0.493 e. The zero-order chi connectivity index (χ0) is 13.2. The van der Waals surface area contributed by atoms with Crippen molar-refractivity contribution in [3.63, 3.8) is 0 Å². The van der Waals surface area contributed by atoms with Crippen LogP contribution in [0.1, 0.15) is 32.3 Å². The summed E-state index contributed by atoms with van der Waals surface area (Å²) in [6, 6.07) is 6.52. The van der Waals surface area contributed by atoms with Gasteiger partial charge in [-0.05, 0) is 37.5 Å². The van der Waals surface area contributed by atoms with E-state index < -0.39 is 0 Å². The summed E-state index contributed by atoms with van der Waals surface area (Å²) in [5.41, 5.74) is 1.27. The summed E-state index contributed by atoms with van der Waals surface area (Å²) < 4.78 is 5.91. The van der Waals surface area contributed by atoms with Gasteiger partial charge in [0.05, 0.1) is 6.61 Å². The second-order valence-corrected chi connectivity index (χ2v) is 6.45. The van der Waals surface area contributed by atoms with Gasteiger partial charge in [0.25, 0.3) is 0 Å². The van der Waals surface area contributed by atoms with Crippen LogP contribution >= 0.6 is 11.6 Å². The Balaban J connectivity index is 1.86. The molecule has 1 N–H and O–H groups in total. The molecule has 0 unspecified atom stereocenters. The highest BCUT2D eigenvalue weighted by Crippen LogP contribution is 2.26. The first-order valence-corrected chi connectivity index (χ1v) is 6.96. The largest absolute Gasteiger partial charge is 0.493 e. The third-order valence-electron chi connectivity index (χ3n) is 3.22. The average molecular weight is 268 g/mol. The minimum atomic E-state index is 0.136. The first-order chi connectivity index (χ1) is 8.46. The second kappa shape index (κ2) is 5.50. The van der Waals surface area contributed by atoms with Crippen LogP contribution in [-0.4, -0.2) is 19.2 Å². The van der Waals surface area contributed by atoms with Crippen molar-refractivity contribution in [3.8, 4) is 5.75 Å². The van der Waals surface area contributed by atoms with Crippen molar-refractivity contribution in [3.05, 3.63) is 28.8 Å². The van der Waals surface area contributed by atoms with Crippen LogP contribution in [0.2, 0.25) is 5.02 Å². The van der Waals surface area contributed by atoms with Gasteiger partial charge in [-0.3, -0.25) is 0 Å². The average Bonchev–Trinajstić information content (AvgIpc) is 3.12. The van der Waals surface area contributed by atoms with Crippen molar-refractivity contribution < 1.29 is 4.74 Å². The third-order valence-corrected chi connectivity index (χ3v) is 3.45. The van der Waals surface area contributed by atoms with Gasteiger partial charge in [-0.15, -0.1) is 0 Å². The quantitative estimate of drug-likeness (QED) is 0.846. The first kappa shape index (κ1) is 13.7. The van der Waals surface area contributed by atoms with Crippen LogP contribution in [0.4, 0.5) is 0 Å². The van der Waals surface area contributed by atoms with Crippen LogP contribution in [0.5, 0.6) is 5.75 Å². The van der Waals surface area contributed by atoms with Crippen molar-refractivity contribution >= 4 is 11.6 Å². The Bertz CT molecular complexity index is 413. The number of hydrogen-bond acceptors (Lipinski definition) is 2. The Labute approximate surface area is 115 Å². The molecule has 2 rings (SSSR count). The Morgan fingerprint density at radius 2 is 2.11 bits per heavy atom. The summed E-state index contributed by atoms with van der Waals surface area (Å²) in [7, 11) is 0. The van der Waals surface area contributed by atoms with E-state index in [0.717, 1.165) is 28.9 Å². The predicted octanol–water partition coefficient (Wildman–Crippen LogP) is 3.81. The Morgan fingerprint density at radius 3 is 2.78 bits per heavy atom. The zero-order valence-corrected chi connectivity index (χ0v) is 12.2. The van der Waals surface area contributed by atoms with E-state index in [1.807, 2.05) is 25.1 Å². The normalized spacial score (nSPS) is 15.8. The molecule has 0 spiro atoms. The maximum Gasteiger partial charge on any atom is 0.123 e. The van der Waals surface area contributed by atoms with Gasteiger partial charge in [-0.25, -0.2) is 0 Å². The lowest BCUT2D eigenvalue weighted by Crippen LogP contribution is -2.35. The number of hydrogen-bond donors (Lipinski definition) is 1.